The predicted octanol–water partition coefficient (Wildman–Crippen LogP) is 6.60. The molecule has 222 valence electrons. The van der Waals surface area contributed by atoms with E-state index in [2.05, 4.69) is 19.2 Å². The Bertz CT molecular complexity index is 1690. The van der Waals surface area contributed by atoms with Gasteiger partial charge in [-0.2, -0.15) is 4.98 Å². The van der Waals surface area contributed by atoms with Crippen molar-refractivity contribution in [1.82, 2.24) is 14.8 Å². The van der Waals surface area contributed by atoms with Crippen LogP contribution in [0.25, 0.3) is 11.4 Å². The summed E-state index contributed by atoms with van der Waals surface area (Å²) >= 11 is 0. The van der Waals surface area contributed by atoms with Gasteiger partial charge >= 0.3 is 0 Å². The third kappa shape index (κ3) is 5.55. The van der Waals surface area contributed by atoms with E-state index in [4.69, 9.17) is 29.0 Å². The van der Waals surface area contributed by atoms with Gasteiger partial charge in [-0.25, -0.2) is 4.68 Å². The van der Waals surface area contributed by atoms with Crippen LogP contribution in [-0.4, -0.2) is 41.4 Å². The van der Waals surface area contributed by atoms with E-state index < -0.39 is 6.04 Å². The molecule has 1 aliphatic heterocycles. The van der Waals surface area contributed by atoms with Crippen LogP contribution in [0.1, 0.15) is 50.8 Å². The highest BCUT2D eigenvalue weighted by molar-refractivity contribution is 6.00. The molecular formula is C34H36N4O5. The minimum atomic E-state index is -0.487. The zero-order valence-corrected chi connectivity index (χ0v) is 25.1. The van der Waals surface area contributed by atoms with Crippen LogP contribution in [0.15, 0.2) is 78.0 Å². The van der Waals surface area contributed by atoms with E-state index in [1.807, 2.05) is 73.7 Å². The lowest BCUT2D eigenvalue weighted by Crippen LogP contribution is -2.36. The number of ether oxygens (including phenoxy) is 4. The maximum Gasteiger partial charge on any atom is 0.226 e. The first-order valence-electron chi connectivity index (χ1n) is 14.5. The third-order valence-corrected chi connectivity index (χ3v) is 7.79. The lowest BCUT2D eigenvalue weighted by molar-refractivity contribution is -0.118. The van der Waals surface area contributed by atoms with Crippen molar-refractivity contribution in [2.75, 3.05) is 26.1 Å². The summed E-state index contributed by atoms with van der Waals surface area (Å²) in [5.74, 6) is 3.63. The van der Waals surface area contributed by atoms with Crippen molar-refractivity contribution < 1.29 is 23.7 Å². The summed E-state index contributed by atoms with van der Waals surface area (Å²) < 4.78 is 25.0. The molecule has 0 amide bonds. The Kier molecular flexibility index (Phi) is 7.56. The Labute approximate surface area is 251 Å². The monoisotopic (exact) mass is 580 g/mol. The van der Waals surface area contributed by atoms with E-state index in [0.29, 0.717) is 60.0 Å². The normalized spacial score (nSPS) is 17.0. The first kappa shape index (κ1) is 28.3. The molecule has 1 aliphatic carbocycles. The smallest absolute Gasteiger partial charge is 0.226 e. The molecule has 0 bridgehead atoms. The maximum atomic E-state index is 13.8. The number of carbonyl (C=O) groups is 1. The van der Waals surface area contributed by atoms with E-state index >= 15 is 0 Å². The van der Waals surface area contributed by atoms with Crippen LogP contribution in [-0.2, 0) is 11.4 Å². The van der Waals surface area contributed by atoms with Gasteiger partial charge in [0, 0.05) is 23.3 Å². The topological polar surface area (TPSA) is 96.7 Å². The molecule has 1 atom stereocenters. The largest absolute Gasteiger partial charge is 0.493 e. The quantitative estimate of drug-likeness (QED) is 0.237. The summed E-state index contributed by atoms with van der Waals surface area (Å²) in [7, 11) is 3.20. The number of fused-ring (bicyclic) bond motifs is 1. The van der Waals surface area contributed by atoms with E-state index in [-0.39, 0.29) is 11.2 Å². The second-order valence-corrected chi connectivity index (χ2v) is 11.5. The number of nitrogens with zero attached hydrogens (tertiary/aromatic N) is 3. The Balaban J connectivity index is 1.43. The molecule has 4 aromatic rings. The Morgan fingerprint density at radius 2 is 1.67 bits per heavy atom. The standard InChI is InChI=1S/C34H36N4O5/c1-6-42-29-16-22(12-15-27(29)43-20-21-10-8-7-9-11-21)31-30-24(18-34(2,3)19-25(30)39)35-33-36-32(37-38(31)33)23-13-14-26(40-4)28(17-23)41-5/h7-17,31H,6,18-20H2,1-5H3,(H,35,36,37). The minimum Gasteiger partial charge on any atom is -0.493 e. The number of allylic oxidation sites excluding steroid dienone is 2. The van der Waals surface area contributed by atoms with Crippen LogP contribution in [0, 0.1) is 5.41 Å². The average molecular weight is 581 g/mol. The van der Waals surface area contributed by atoms with Crippen molar-refractivity contribution in [1.29, 1.82) is 0 Å². The summed E-state index contributed by atoms with van der Waals surface area (Å²) in [6.07, 6.45) is 1.17. The first-order valence-corrected chi connectivity index (χ1v) is 14.5. The van der Waals surface area contributed by atoms with E-state index in [0.717, 1.165) is 28.8 Å². The van der Waals surface area contributed by atoms with Gasteiger partial charge in [-0.05, 0) is 60.2 Å². The van der Waals surface area contributed by atoms with Crippen LogP contribution < -0.4 is 24.3 Å². The molecular weight excluding hydrogens is 544 g/mol. The molecule has 6 rings (SSSR count). The van der Waals surface area contributed by atoms with Gasteiger partial charge in [-0.1, -0.05) is 50.2 Å². The maximum absolute atomic E-state index is 13.8. The fourth-order valence-electron chi connectivity index (χ4n) is 5.83. The summed E-state index contributed by atoms with van der Waals surface area (Å²) in [6.45, 7) is 7.06. The number of hydrogen-bond acceptors (Lipinski definition) is 8. The molecule has 1 aromatic heterocycles. The SMILES string of the molecule is CCOc1cc(C2C3=C(CC(C)(C)CC3=O)Nc3nc(-c4ccc(OC)c(OC)c4)nn32)ccc1OCc1ccccc1. The summed E-state index contributed by atoms with van der Waals surface area (Å²) in [4.78, 5) is 18.6. The fourth-order valence-corrected chi connectivity index (χ4v) is 5.83. The molecule has 0 saturated carbocycles. The molecule has 0 fully saturated rings. The van der Waals surface area contributed by atoms with Crippen LogP contribution in [0.5, 0.6) is 23.0 Å². The zero-order chi connectivity index (χ0) is 30.1. The number of Topliss-reactive ketones (excluding diaryl/α,β-unsaturated/α-hetero) is 1. The molecule has 0 radical (unpaired) electrons. The van der Waals surface area contributed by atoms with Crippen molar-refractivity contribution >= 4 is 11.7 Å². The van der Waals surface area contributed by atoms with Gasteiger partial charge in [0.1, 0.15) is 12.6 Å². The highest BCUT2D eigenvalue weighted by atomic mass is 16.5. The summed E-state index contributed by atoms with van der Waals surface area (Å²) in [5.41, 5.74) is 4.11. The van der Waals surface area contributed by atoms with Crippen LogP contribution in [0.2, 0.25) is 0 Å². The van der Waals surface area contributed by atoms with Crippen molar-refractivity contribution in [2.45, 2.75) is 46.3 Å². The molecule has 1 unspecified atom stereocenters. The van der Waals surface area contributed by atoms with E-state index in [1.165, 1.54) is 0 Å². The molecule has 3 aromatic carbocycles. The van der Waals surface area contributed by atoms with Gasteiger partial charge in [-0.15, -0.1) is 5.10 Å². The van der Waals surface area contributed by atoms with Crippen molar-refractivity contribution in [2.24, 2.45) is 5.41 Å². The number of ketones is 1. The van der Waals surface area contributed by atoms with Gasteiger partial charge in [0.15, 0.2) is 34.6 Å². The summed E-state index contributed by atoms with van der Waals surface area (Å²) in [5, 5.41) is 8.39. The number of methoxy groups -OCH3 is 2. The van der Waals surface area contributed by atoms with Crippen molar-refractivity contribution in [3.63, 3.8) is 0 Å². The number of aromatic nitrogens is 3. The molecule has 9 heteroatoms. The number of nitrogens with one attached hydrogen (secondary N) is 1. The number of carbonyl (C=O) groups excluding carboxylic acids is 1. The lowest BCUT2D eigenvalue weighted by atomic mass is 9.73. The van der Waals surface area contributed by atoms with Crippen LogP contribution in [0.3, 0.4) is 0 Å². The second kappa shape index (κ2) is 11.5. The Morgan fingerprint density at radius 3 is 2.42 bits per heavy atom. The molecule has 1 N–H and O–H groups in total. The van der Waals surface area contributed by atoms with E-state index in [1.54, 1.807) is 18.9 Å². The summed E-state index contributed by atoms with van der Waals surface area (Å²) in [6, 6.07) is 20.9. The molecule has 0 spiro atoms. The van der Waals surface area contributed by atoms with E-state index in [9.17, 15) is 4.79 Å². The molecule has 0 saturated heterocycles. The number of hydrogen-bond donors (Lipinski definition) is 1. The number of rotatable bonds is 9. The van der Waals surface area contributed by atoms with Gasteiger partial charge in [0.2, 0.25) is 5.95 Å². The molecule has 9 nitrogen and oxygen atoms in total. The highest BCUT2D eigenvalue weighted by Gasteiger charge is 2.42. The Hall–Kier alpha value is -4.79. The molecule has 2 heterocycles. The second-order valence-electron chi connectivity index (χ2n) is 11.5. The van der Waals surface area contributed by atoms with Crippen molar-refractivity contribution in [3.05, 3.63) is 89.1 Å². The predicted molar refractivity (Wildman–Crippen MR) is 164 cm³/mol. The van der Waals surface area contributed by atoms with Gasteiger partial charge in [-0.3, -0.25) is 4.79 Å². The zero-order valence-electron chi connectivity index (χ0n) is 25.1. The lowest BCUT2D eigenvalue weighted by Gasteiger charge is -2.38. The fraction of sp³-hybridized carbons (Fsp3) is 0.324. The average Bonchev–Trinajstić information content (AvgIpc) is 3.43. The van der Waals surface area contributed by atoms with Crippen LogP contribution in [0.4, 0.5) is 5.95 Å². The minimum absolute atomic E-state index is 0.0972. The van der Waals surface area contributed by atoms with Crippen molar-refractivity contribution in [3.8, 4) is 34.4 Å². The third-order valence-electron chi connectivity index (χ3n) is 7.79. The number of benzene rings is 3. The first-order chi connectivity index (χ1) is 20.8. The Morgan fingerprint density at radius 1 is 0.907 bits per heavy atom. The molecule has 43 heavy (non-hydrogen) atoms. The van der Waals surface area contributed by atoms with Gasteiger partial charge in [0.25, 0.3) is 0 Å². The molecule has 2 aliphatic rings. The van der Waals surface area contributed by atoms with Gasteiger partial charge in [0.05, 0.1) is 20.8 Å². The van der Waals surface area contributed by atoms with Gasteiger partial charge < -0.3 is 24.3 Å². The van der Waals surface area contributed by atoms with Crippen LogP contribution >= 0.6 is 0 Å². The highest BCUT2D eigenvalue weighted by Crippen LogP contribution is 2.47. The number of anilines is 1.